The number of aromatic hydroxyl groups is 2. The monoisotopic (exact) mass is 406 g/mol. The molecular formula is C21H27O6P. The third kappa shape index (κ3) is 6.66. The number of hydrogen-bond acceptors (Lipinski definition) is 3. The quantitative estimate of drug-likeness (QED) is 0.366. The van der Waals surface area contributed by atoms with E-state index in [1.54, 1.807) is 24.3 Å². The summed E-state index contributed by atoms with van der Waals surface area (Å²) in [4.78, 5) is 21.6. The minimum atomic E-state index is -4.64. The van der Waals surface area contributed by atoms with Crippen molar-refractivity contribution in [2.75, 3.05) is 0 Å². The van der Waals surface area contributed by atoms with Gasteiger partial charge in [0, 0.05) is 11.0 Å². The van der Waals surface area contributed by atoms with Crippen molar-refractivity contribution in [2.24, 2.45) is 0 Å². The maximum Gasteiger partial charge on any atom is 0.466 e. The van der Waals surface area contributed by atoms with Crippen LogP contribution in [0.2, 0.25) is 0 Å². The predicted molar refractivity (Wildman–Crippen MR) is 110 cm³/mol. The van der Waals surface area contributed by atoms with Gasteiger partial charge in [0.15, 0.2) is 0 Å². The van der Waals surface area contributed by atoms with Crippen molar-refractivity contribution in [1.82, 2.24) is 0 Å². The second-order valence-corrected chi connectivity index (χ2v) is 7.79. The van der Waals surface area contributed by atoms with E-state index in [4.69, 9.17) is 19.2 Å². The normalized spacial score (nSPS) is 11.3. The Hall–Kier alpha value is -2.37. The predicted octanol–water partition coefficient (Wildman–Crippen LogP) is 3.95. The Morgan fingerprint density at radius 2 is 1.36 bits per heavy atom. The second kappa shape index (κ2) is 9.71. The number of hydrogen-bond donors (Lipinski definition) is 5. The molecule has 0 spiro atoms. The van der Waals surface area contributed by atoms with Gasteiger partial charge in [0.25, 0.3) is 0 Å². The molecule has 0 bridgehead atoms. The maximum atomic E-state index is 10.2. The van der Waals surface area contributed by atoms with Gasteiger partial charge in [0.2, 0.25) is 0 Å². The molecular weight excluding hydrogens is 379 g/mol. The van der Waals surface area contributed by atoms with Crippen LogP contribution in [0.25, 0.3) is 0 Å². The average Bonchev–Trinajstić information content (AvgIpc) is 2.57. The minimum absolute atomic E-state index is 0.254. The molecule has 0 aliphatic rings. The van der Waals surface area contributed by atoms with E-state index in [-0.39, 0.29) is 11.2 Å². The summed E-state index contributed by atoms with van der Waals surface area (Å²) in [6, 6.07) is 11.0. The zero-order valence-electron chi connectivity index (χ0n) is 16.0. The van der Waals surface area contributed by atoms with Gasteiger partial charge < -0.3 is 24.9 Å². The molecule has 2 aromatic carbocycles. The third-order valence-corrected chi connectivity index (χ3v) is 4.37. The number of benzene rings is 2. The Balaban J connectivity index is 0.000000696. The molecule has 0 atom stereocenters. The number of phosphoric acid groups is 1. The second-order valence-electron chi connectivity index (χ2n) is 6.76. The summed E-state index contributed by atoms with van der Waals surface area (Å²) >= 11 is 0. The Morgan fingerprint density at radius 1 is 0.893 bits per heavy atom. The highest BCUT2D eigenvalue weighted by molar-refractivity contribution is 7.45. The van der Waals surface area contributed by atoms with Crippen LogP contribution < -0.4 is 0 Å². The van der Waals surface area contributed by atoms with Crippen molar-refractivity contribution in [3.63, 3.8) is 0 Å². The van der Waals surface area contributed by atoms with Crippen molar-refractivity contribution in [2.45, 2.75) is 32.1 Å². The van der Waals surface area contributed by atoms with E-state index in [2.05, 4.69) is 27.0 Å². The van der Waals surface area contributed by atoms with Crippen molar-refractivity contribution in [3.05, 3.63) is 84.0 Å². The standard InChI is InChI=1S/C21H24O2.H3O4P/c1-5-7-17-18(8-6-2)20(23)14-13-19(17)21(3,4)15-9-11-16(22)12-10-15;1-5(2,3)4/h5-6,9-14,22-23H,1-2,7-8H2,3-4H3;(H3,1,2,3,4). The number of allylic oxidation sites excluding steroid dienone is 2. The summed E-state index contributed by atoms with van der Waals surface area (Å²) in [6.45, 7) is 11.9. The molecule has 2 rings (SSSR count). The molecule has 0 aromatic heterocycles. The molecule has 0 unspecified atom stereocenters. The van der Waals surface area contributed by atoms with E-state index < -0.39 is 7.82 Å². The van der Waals surface area contributed by atoms with Crippen molar-refractivity contribution in [3.8, 4) is 11.5 Å². The third-order valence-electron chi connectivity index (χ3n) is 4.37. The molecule has 0 radical (unpaired) electrons. The van der Waals surface area contributed by atoms with Gasteiger partial charge in [-0.15, -0.1) is 13.2 Å². The summed E-state index contributed by atoms with van der Waals surface area (Å²) in [5, 5.41) is 19.8. The van der Waals surface area contributed by atoms with Crippen LogP contribution in [0.15, 0.2) is 61.7 Å². The SMILES string of the molecule is C=CCc1c(O)ccc(C(C)(C)c2ccc(O)cc2)c1CC=C.O=P(O)(O)O. The fourth-order valence-electron chi connectivity index (χ4n) is 3.05. The summed E-state index contributed by atoms with van der Waals surface area (Å²) in [7, 11) is -4.64. The molecule has 0 aliphatic heterocycles. The summed E-state index contributed by atoms with van der Waals surface area (Å²) < 4.78 is 8.88. The van der Waals surface area contributed by atoms with Crippen LogP contribution >= 0.6 is 7.82 Å². The summed E-state index contributed by atoms with van der Waals surface area (Å²) in [5.74, 6) is 0.556. The summed E-state index contributed by atoms with van der Waals surface area (Å²) in [6.07, 6.45) is 4.97. The van der Waals surface area contributed by atoms with Crippen LogP contribution in [-0.4, -0.2) is 24.9 Å². The Morgan fingerprint density at radius 3 is 1.82 bits per heavy atom. The zero-order chi connectivity index (χ0) is 21.5. The highest BCUT2D eigenvalue weighted by Gasteiger charge is 2.27. The molecule has 0 saturated carbocycles. The molecule has 0 heterocycles. The van der Waals surface area contributed by atoms with Gasteiger partial charge in [-0.2, -0.15) is 0 Å². The lowest BCUT2D eigenvalue weighted by Gasteiger charge is -2.30. The first-order chi connectivity index (χ1) is 12.9. The Labute approximate surface area is 165 Å². The van der Waals surface area contributed by atoms with E-state index in [9.17, 15) is 10.2 Å². The first kappa shape index (κ1) is 23.7. The van der Waals surface area contributed by atoms with E-state index in [0.29, 0.717) is 18.6 Å². The largest absolute Gasteiger partial charge is 0.508 e. The van der Waals surface area contributed by atoms with Crippen LogP contribution in [0.4, 0.5) is 0 Å². The molecule has 0 aliphatic carbocycles. The molecule has 28 heavy (non-hydrogen) atoms. The maximum absolute atomic E-state index is 10.2. The fourth-order valence-corrected chi connectivity index (χ4v) is 3.05. The van der Waals surface area contributed by atoms with Crippen LogP contribution in [0.1, 0.15) is 36.1 Å². The topological polar surface area (TPSA) is 118 Å². The molecule has 0 fully saturated rings. The molecule has 7 heteroatoms. The highest BCUT2D eigenvalue weighted by Crippen LogP contribution is 2.38. The molecule has 0 amide bonds. The number of phenolic OH excluding ortho intramolecular Hbond substituents is 2. The lowest BCUT2D eigenvalue weighted by Crippen LogP contribution is -2.21. The van der Waals surface area contributed by atoms with Crippen LogP contribution in [0.5, 0.6) is 11.5 Å². The van der Waals surface area contributed by atoms with Crippen LogP contribution in [-0.2, 0) is 22.8 Å². The number of phenols is 2. The van der Waals surface area contributed by atoms with Gasteiger partial charge in [0.05, 0.1) is 0 Å². The summed E-state index contributed by atoms with van der Waals surface area (Å²) in [5.41, 5.74) is 4.01. The van der Waals surface area contributed by atoms with Gasteiger partial charge in [-0.25, -0.2) is 4.57 Å². The van der Waals surface area contributed by atoms with E-state index in [1.807, 2.05) is 24.3 Å². The fraction of sp³-hybridized carbons (Fsp3) is 0.238. The smallest absolute Gasteiger partial charge is 0.466 e. The van der Waals surface area contributed by atoms with Gasteiger partial charge in [-0.3, -0.25) is 0 Å². The van der Waals surface area contributed by atoms with Crippen molar-refractivity contribution < 1.29 is 29.5 Å². The van der Waals surface area contributed by atoms with Gasteiger partial charge in [-0.05, 0) is 47.7 Å². The molecule has 2 aromatic rings. The first-order valence-corrected chi connectivity index (χ1v) is 10.1. The van der Waals surface area contributed by atoms with Crippen LogP contribution in [0, 0.1) is 0 Å². The van der Waals surface area contributed by atoms with Crippen LogP contribution in [0.3, 0.4) is 0 Å². The highest BCUT2D eigenvalue weighted by atomic mass is 31.2. The Bertz CT molecular complexity index is 857. The zero-order valence-corrected chi connectivity index (χ0v) is 16.9. The lowest BCUT2D eigenvalue weighted by molar-refractivity contribution is 0.275. The van der Waals surface area contributed by atoms with E-state index in [1.165, 1.54) is 0 Å². The Kier molecular flexibility index (Phi) is 8.21. The van der Waals surface area contributed by atoms with E-state index >= 15 is 0 Å². The average molecular weight is 406 g/mol. The van der Waals surface area contributed by atoms with E-state index in [0.717, 1.165) is 22.3 Å². The van der Waals surface area contributed by atoms with Gasteiger partial charge in [0.1, 0.15) is 11.5 Å². The molecule has 5 N–H and O–H groups in total. The number of rotatable bonds is 6. The first-order valence-electron chi connectivity index (χ1n) is 8.55. The van der Waals surface area contributed by atoms with Crippen molar-refractivity contribution >= 4 is 7.82 Å². The lowest BCUT2D eigenvalue weighted by atomic mass is 9.74. The van der Waals surface area contributed by atoms with Gasteiger partial charge >= 0.3 is 7.82 Å². The molecule has 0 saturated heterocycles. The molecule has 6 nitrogen and oxygen atoms in total. The minimum Gasteiger partial charge on any atom is -0.508 e. The van der Waals surface area contributed by atoms with Crippen molar-refractivity contribution in [1.29, 1.82) is 0 Å². The molecule has 152 valence electrons. The van der Waals surface area contributed by atoms with Gasteiger partial charge in [-0.1, -0.05) is 44.2 Å².